The summed E-state index contributed by atoms with van der Waals surface area (Å²) in [4.78, 5) is 10.4. The number of hydrogen-bond donors (Lipinski definition) is 1. The summed E-state index contributed by atoms with van der Waals surface area (Å²) in [6.45, 7) is 0. The van der Waals surface area contributed by atoms with E-state index in [0.717, 1.165) is 16.9 Å². The lowest BCUT2D eigenvalue weighted by atomic mass is 10.1. The Bertz CT molecular complexity index is 494. The van der Waals surface area contributed by atoms with Gasteiger partial charge in [0, 0.05) is 25.3 Å². The standard InChI is InChI=1S/C12H14N4/c1-16(2)11-6-4-3-5-9(11)10-7-14-8-12(13)15-10/h3-8H,1-2H3,(H2,13,15). The lowest BCUT2D eigenvalue weighted by Gasteiger charge is -2.16. The van der Waals surface area contributed by atoms with Gasteiger partial charge in [-0.05, 0) is 6.07 Å². The number of rotatable bonds is 2. The van der Waals surface area contributed by atoms with Crippen LogP contribution in [0.25, 0.3) is 11.3 Å². The van der Waals surface area contributed by atoms with Gasteiger partial charge in [-0.25, -0.2) is 4.98 Å². The van der Waals surface area contributed by atoms with E-state index in [1.807, 2.05) is 43.3 Å². The zero-order valence-corrected chi connectivity index (χ0v) is 9.38. The molecule has 4 heteroatoms. The molecule has 1 aromatic carbocycles. The minimum absolute atomic E-state index is 0.436. The first-order valence-electron chi connectivity index (χ1n) is 5.03. The van der Waals surface area contributed by atoms with E-state index in [4.69, 9.17) is 5.73 Å². The molecule has 0 aliphatic carbocycles. The van der Waals surface area contributed by atoms with Crippen LogP contribution in [0, 0.1) is 0 Å². The first kappa shape index (κ1) is 10.4. The highest BCUT2D eigenvalue weighted by atomic mass is 15.1. The number of anilines is 2. The number of nitrogens with zero attached hydrogens (tertiary/aromatic N) is 3. The van der Waals surface area contributed by atoms with Gasteiger partial charge in [-0.2, -0.15) is 0 Å². The largest absolute Gasteiger partial charge is 0.382 e. The Morgan fingerprint density at radius 2 is 1.88 bits per heavy atom. The molecule has 4 nitrogen and oxygen atoms in total. The van der Waals surface area contributed by atoms with Gasteiger partial charge in [0.15, 0.2) is 0 Å². The summed E-state index contributed by atoms with van der Waals surface area (Å²) in [5.41, 5.74) is 8.56. The van der Waals surface area contributed by atoms with Crippen molar-refractivity contribution in [3.8, 4) is 11.3 Å². The van der Waals surface area contributed by atoms with E-state index in [9.17, 15) is 0 Å². The molecule has 0 saturated carbocycles. The summed E-state index contributed by atoms with van der Waals surface area (Å²) in [6, 6.07) is 8.03. The van der Waals surface area contributed by atoms with Crippen LogP contribution in [0.5, 0.6) is 0 Å². The molecule has 0 spiro atoms. The minimum Gasteiger partial charge on any atom is -0.382 e. The van der Waals surface area contributed by atoms with Gasteiger partial charge in [0.25, 0.3) is 0 Å². The summed E-state index contributed by atoms with van der Waals surface area (Å²) >= 11 is 0. The summed E-state index contributed by atoms with van der Waals surface area (Å²) in [5, 5.41) is 0. The average molecular weight is 214 g/mol. The van der Waals surface area contributed by atoms with Crippen LogP contribution in [0.4, 0.5) is 11.5 Å². The van der Waals surface area contributed by atoms with Crippen LogP contribution in [0.15, 0.2) is 36.7 Å². The predicted molar refractivity (Wildman–Crippen MR) is 66.2 cm³/mol. The fourth-order valence-corrected chi connectivity index (χ4v) is 1.59. The van der Waals surface area contributed by atoms with E-state index in [1.165, 1.54) is 0 Å². The fraction of sp³-hybridized carbons (Fsp3) is 0.167. The second-order valence-electron chi connectivity index (χ2n) is 3.74. The Hall–Kier alpha value is -2.10. The smallest absolute Gasteiger partial charge is 0.142 e. The van der Waals surface area contributed by atoms with E-state index in [2.05, 4.69) is 9.97 Å². The maximum absolute atomic E-state index is 5.63. The summed E-state index contributed by atoms with van der Waals surface area (Å²) < 4.78 is 0. The normalized spacial score (nSPS) is 10.1. The minimum atomic E-state index is 0.436. The molecule has 0 atom stereocenters. The molecular weight excluding hydrogens is 200 g/mol. The van der Waals surface area contributed by atoms with E-state index < -0.39 is 0 Å². The number of nitrogens with two attached hydrogens (primary N) is 1. The van der Waals surface area contributed by atoms with Gasteiger partial charge < -0.3 is 10.6 Å². The summed E-state index contributed by atoms with van der Waals surface area (Å²) in [7, 11) is 4.00. The Morgan fingerprint density at radius 1 is 1.12 bits per heavy atom. The van der Waals surface area contributed by atoms with Crippen molar-refractivity contribution in [2.45, 2.75) is 0 Å². The average Bonchev–Trinajstić information content (AvgIpc) is 2.29. The van der Waals surface area contributed by atoms with Gasteiger partial charge in [-0.1, -0.05) is 18.2 Å². The predicted octanol–water partition coefficient (Wildman–Crippen LogP) is 1.79. The van der Waals surface area contributed by atoms with Gasteiger partial charge in [0.2, 0.25) is 0 Å². The Labute approximate surface area is 94.8 Å². The lowest BCUT2D eigenvalue weighted by molar-refractivity contribution is 1.12. The molecular formula is C12H14N4. The highest BCUT2D eigenvalue weighted by Gasteiger charge is 2.07. The van der Waals surface area contributed by atoms with Crippen molar-refractivity contribution < 1.29 is 0 Å². The van der Waals surface area contributed by atoms with E-state index in [1.54, 1.807) is 12.4 Å². The van der Waals surface area contributed by atoms with Gasteiger partial charge in [0.05, 0.1) is 18.1 Å². The van der Waals surface area contributed by atoms with Crippen molar-refractivity contribution in [2.24, 2.45) is 0 Å². The third-order valence-corrected chi connectivity index (χ3v) is 2.31. The van der Waals surface area contributed by atoms with Gasteiger partial charge in [0.1, 0.15) is 5.82 Å². The first-order chi connectivity index (χ1) is 7.68. The molecule has 1 aromatic heterocycles. The molecule has 0 fully saturated rings. The van der Waals surface area contributed by atoms with E-state index in [-0.39, 0.29) is 0 Å². The number of para-hydroxylation sites is 1. The molecule has 0 saturated heterocycles. The lowest BCUT2D eigenvalue weighted by Crippen LogP contribution is -2.10. The van der Waals surface area contributed by atoms with Crippen LogP contribution in [0.2, 0.25) is 0 Å². The van der Waals surface area contributed by atoms with Crippen molar-refractivity contribution in [1.29, 1.82) is 0 Å². The molecule has 2 aromatic rings. The maximum atomic E-state index is 5.63. The highest BCUT2D eigenvalue weighted by molar-refractivity contribution is 5.76. The second kappa shape index (κ2) is 4.18. The van der Waals surface area contributed by atoms with Crippen LogP contribution in [0.3, 0.4) is 0 Å². The fourth-order valence-electron chi connectivity index (χ4n) is 1.59. The van der Waals surface area contributed by atoms with Crippen LogP contribution in [-0.2, 0) is 0 Å². The van der Waals surface area contributed by atoms with Crippen molar-refractivity contribution >= 4 is 11.5 Å². The highest BCUT2D eigenvalue weighted by Crippen LogP contribution is 2.27. The topological polar surface area (TPSA) is 55.0 Å². The molecule has 0 radical (unpaired) electrons. The van der Waals surface area contributed by atoms with Crippen molar-refractivity contribution in [2.75, 3.05) is 24.7 Å². The molecule has 0 aliphatic heterocycles. The number of hydrogen-bond acceptors (Lipinski definition) is 4. The monoisotopic (exact) mass is 214 g/mol. The Kier molecular flexibility index (Phi) is 2.72. The Balaban J connectivity index is 2.55. The summed E-state index contributed by atoms with van der Waals surface area (Å²) in [6.07, 6.45) is 3.26. The molecule has 2 N–H and O–H groups in total. The molecule has 16 heavy (non-hydrogen) atoms. The third-order valence-electron chi connectivity index (χ3n) is 2.31. The molecule has 0 aliphatic rings. The molecule has 0 bridgehead atoms. The zero-order chi connectivity index (χ0) is 11.5. The molecule has 2 rings (SSSR count). The van der Waals surface area contributed by atoms with Crippen LogP contribution < -0.4 is 10.6 Å². The SMILES string of the molecule is CN(C)c1ccccc1-c1cncc(N)n1. The summed E-state index contributed by atoms with van der Waals surface area (Å²) in [5.74, 6) is 0.436. The number of benzene rings is 1. The quantitative estimate of drug-likeness (QED) is 0.828. The third kappa shape index (κ3) is 1.95. The Morgan fingerprint density at radius 3 is 2.56 bits per heavy atom. The molecule has 1 heterocycles. The first-order valence-corrected chi connectivity index (χ1v) is 5.03. The van der Waals surface area contributed by atoms with Crippen molar-refractivity contribution in [3.63, 3.8) is 0 Å². The number of nitrogen functional groups attached to an aromatic ring is 1. The van der Waals surface area contributed by atoms with E-state index >= 15 is 0 Å². The van der Waals surface area contributed by atoms with Gasteiger partial charge in [-0.3, -0.25) is 4.98 Å². The van der Waals surface area contributed by atoms with Crippen LogP contribution >= 0.6 is 0 Å². The van der Waals surface area contributed by atoms with Gasteiger partial charge in [-0.15, -0.1) is 0 Å². The van der Waals surface area contributed by atoms with Crippen LogP contribution in [-0.4, -0.2) is 24.1 Å². The molecule has 0 unspecified atom stereocenters. The van der Waals surface area contributed by atoms with Crippen molar-refractivity contribution in [3.05, 3.63) is 36.7 Å². The molecule has 0 amide bonds. The second-order valence-corrected chi connectivity index (χ2v) is 3.74. The van der Waals surface area contributed by atoms with E-state index in [0.29, 0.717) is 5.82 Å². The van der Waals surface area contributed by atoms with Gasteiger partial charge >= 0.3 is 0 Å². The zero-order valence-electron chi connectivity index (χ0n) is 9.38. The van der Waals surface area contributed by atoms with Crippen LogP contribution in [0.1, 0.15) is 0 Å². The number of aromatic nitrogens is 2. The molecule has 82 valence electrons. The van der Waals surface area contributed by atoms with Crippen molar-refractivity contribution in [1.82, 2.24) is 9.97 Å². The maximum Gasteiger partial charge on any atom is 0.142 e.